The van der Waals surface area contributed by atoms with Gasteiger partial charge in [-0.05, 0) is 36.6 Å². The first-order chi connectivity index (χ1) is 12.9. The highest BCUT2D eigenvalue weighted by Crippen LogP contribution is 2.30. The average Bonchev–Trinajstić information content (AvgIpc) is 3.10. The fourth-order valence-corrected chi connectivity index (χ4v) is 3.04. The van der Waals surface area contributed by atoms with Crippen molar-refractivity contribution in [3.63, 3.8) is 0 Å². The van der Waals surface area contributed by atoms with Gasteiger partial charge < -0.3 is 20.7 Å². The lowest BCUT2D eigenvalue weighted by Gasteiger charge is -2.18. The molecule has 8 heteroatoms. The number of guanidine groups is 1. The summed E-state index contributed by atoms with van der Waals surface area (Å²) in [7, 11) is 0. The third-order valence-electron chi connectivity index (χ3n) is 4.30. The highest BCUT2D eigenvalue weighted by Gasteiger charge is 2.32. The first-order valence-electron chi connectivity index (χ1n) is 8.62. The molecule has 1 saturated heterocycles. The molecular formula is C19H21F3N4O. The predicted octanol–water partition coefficient (Wildman–Crippen LogP) is 3.84. The van der Waals surface area contributed by atoms with Gasteiger partial charge in [-0.2, -0.15) is 0 Å². The Morgan fingerprint density at radius 3 is 2.59 bits per heavy atom. The van der Waals surface area contributed by atoms with E-state index in [0.717, 1.165) is 19.5 Å². The van der Waals surface area contributed by atoms with Crippen LogP contribution in [0.1, 0.15) is 6.42 Å². The second kappa shape index (κ2) is 8.20. The molecular weight excluding hydrogens is 357 g/mol. The molecule has 0 bridgehead atoms. The third kappa shape index (κ3) is 5.54. The van der Waals surface area contributed by atoms with E-state index >= 15 is 0 Å². The summed E-state index contributed by atoms with van der Waals surface area (Å²) in [5.41, 5.74) is 7.14. The number of hydrogen-bond donors (Lipinski definition) is 2. The van der Waals surface area contributed by atoms with Crippen molar-refractivity contribution in [3.8, 4) is 5.75 Å². The summed E-state index contributed by atoms with van der Waals surface area (Å²) in [5.74, 6) is 0.0536. The molecule has 0 saturated carbocycles. The number of rotatable bonds is 5. The maximum atomic E-state index is 12.5. The average molecular weight is 378 g/mol. The molecule has 1 heterocycles. The van der Waals surface area contributed by atoms with E-state index in [-0.39, 0.29) is 17.4 Å². The summed E-state index contributed by atoms with van der Waals surface area (Å²) in [6, 6.07) is 15.8. The van der Waals surface area contributed by atoms with E-state index in [9.17, 15) is 13.2 Å². The van der Waals surface area contributed by atoms with Gasteiger partial charge in [-0.25, -0.2) is 0 Å². The Balaban J connectivity index is 1.56. The molecule has 1 unspecified atom stereocenters. The number of nitrogens with zero attached hydrogens (tertiary/aromatic N) is 2. The van der Waals surface area contributed by atoms with Crippen molar-refractivity contribution in [1.29, 1.82) is 0 Å². The molecule has 27 heavy (non-hydrogen) atoms. The van der Waals surface area contributed by atoms with Crippen LogP contribution < -0.4 is 20.7 Å². The SMILES string of the molecule is NC(=NCC1CCN(c2ccccc2)C1)Nc1ccccc1OC(F)(F)F. The van der Waals surface area contributed by atoms with E-state index < -0.39 is 6.36 Å². The molecule has 0 aromatic heterocycles. The number of ether oxygens (including phenoxy) is 1. The first-order valence-corrected chi connectivity index (χ1v) is 8.62. The minimum absolute atomic E-state index is 0.0615. The van der Waals surface area contributed by atoms with Crippen molar-refractivity contribution in [2.75, 3.05) is 29.9 Å². The van der Waals surface area contributed by atoms with Gasteiger partial charge in [0.1, 0.15) is 0 Å². The molecule has 1 aliphatic heterocycles. The summed E-state index contributed by atoms with van der Waals surface area (Å²) in [6.07, 6.45) is -3.78. The molecule has 2 aromatic rings. The van der Waals surface area contributed by atoms with Gasteiger partial charge in [0.05, 0.1) is 5.69 Å². The number of para-hydroxylation sites is 3. The molecule has 5 nitrogen and oxygen atoms in total. The van der Waals surface area contributed by atoms with E-state index in [0.29, 0.717) is 12.5 Å². The summed E-state index contributed by atoms with van der Waals surface area (Å²) >= 11 is 0. The quantitative estimate of drug-likeness (QED) is 0.613. The lowest BCUT2D eigenvalue weighted by Crippen LogP contribution is -2.26. The van der Waals surface area contributed by atoms with E-state index in [1.807, 2.05) is 18.2 Å². The molecule has 0 aliphatic carbocycles. The second-order valence-electron chi connectivity index (χ2n) is 6.33. The number of benzene rings is 2. The Morgan fingerprint density at radius 1 is 1.15 bits per heavy atom. The lowest BCUT2D eigenvalue weighted by atomic mass is 10.1. The summed E-state index contributed by atoms with van der Waals surface area (Å²) in [6.45, 7) is 2.32. The fourth-order valence-electron chi connectivity index (χ4n) is 3.04. The maximum absolute atomic E-state index is 12.5. The van der Waals surface area contributed by atoms with Crippen molar-refractivity contribution in [2.45, 2.75) is 12.8 Å². The number of alkyl halides is 3. The van der Waals surface area contributed by atoms with Gasteiger partial charge in [0.15, 0.2) is 11.7 Å². The Kier molecular flexibility index (Phi) is 5.73. The van der Waals surface area contributed by atoms with E-state index in [4.69, 9.17) is 5.73 Å². The van der Waals surface area contributed by atoms with Crippen molar-refractivity contribution in [3.05, 3.63) is 54.6 Å². The molecule has 3 N–H and O–H groups in total. The van der Waals surface area contributed by atoms with Crippen LogP contribution in [0.3, 0.4) is 0 Å². The predicted molar refractivity (Wildman–Crippen MR) is 100.0 cm³/mol. The fraction of sp³-hybridized carbons (Fsp3) is 0.316. The van der Waals surface area contributed by atoms with Gasteiger partial charge in [-0.15, -0.1) is 13.2 Å². The highest BCUT2D eigenvalue weighted by atomic mass is 19.4. The van der Waals surface area contributed by atoms with Crippen LogP contribution in [-0.2, 0) is 0 Å². The Bertz CT molecular complexity index is 780. The van der Waals surface area contributed by atoms with E-state index in [2.05, 4.69) is 32.1 Å². The van der Waals surface area contributed by atoms with Crippen LogP contribution in [0.25, 0.3) is 0 Å². The van der Waals surface area contributed by atoms with Crippen LogP contribution in [0.5, 0.6) is 5.75 Å². The zero-order valence-electron chi connectivity index (χ0n) is 14.6. The van der Waals surface area contributed by atoms with Crippen molar-refractivity contribution in [1.82, 2.24) is 0 Å². The van der Waals surface area contributed by atoms with Gasteiger partial charge in [0, 0.05) is 25.3 Å². The Hall–Kier alpha value is -2.90. The molecule has 0 radical (unpaired) electrons. The van der Waals surface area contributed by atoms with E-state index in [1.54, 1.807) is 6.07 Å². The minimum Gasteiger partial charge on any atom is -0.404 e. The smallest absolute Gasteiger partial charge is 0.404 e. The molecule has 1 atom stereocenters. The summed E-state index contributed by atoms with van der Waals surface area (Å²) in [5, 5.41) is 2.69. The molecule has 0 amide bonds. The van der Waals surface area contributed by atoms with Crippen LogP contribution in [0.15, 0.2) is 59.6 Å². The van der Waals surface area contributed by atoms with Crippen LogP contribution in [0.2, 0.25) is 0 Å². The van der Waals surface area contributed by atoms with Crippen LogP contribution in [0.4, 0.5) is 24.5 Å². The third-order valence-corrected chi connectivity index (χ3v) is 4.30. The zero-order chi connectivity index (χ0) is 19.3. The molecule has 144 valence electrons. The largest absolute Gasteiger partial charge is 0.573 e. The second-order valence-corrected chi connectivity index (χ2v) is 6.33. The minimum atomic E-state index is -4.77. The standard InChI is InChI=1S/C19H21F3N4O/c20-19(21,22)27-17-9-5-4-8-16(17)25-18(23)24-12-14-10-11-26(13-14)15-6-2-1-3-7-15/h1-9,14H,10-13H2,(H3,23,24,25). The zero-order valence-corrected chi connectivity index (χ0v) is 14.6. The number of nitrogens with one attached hydrogen (secondary N) is 1. The van der Waals surface area contributed by atoms with Gasteiger partial charge in [-0.3, -0.25) is 4.99 Å². The van der Waals surface area contributed by atoms with Crippen LogP contribution in [-0.4, -0.2) is 32.0 Å². The normalized spacial score (nSPS) is 17.8. The van der Waals surface area contributed by atoms with Crippen LogP contribution >= 0.6 is 0 Å². The number of anilines is 2. The molecule has 2 aromatic carbocycles. The van der Waals surface area contributed by atoms with Crippen LogP contribution in [0, 0.1) is 5.92 Å². The van der Waals surface area contributed by atoms with Crippen molar-refractivity contribution in [2.24, 2.45) is 16.6 Å². The van der Waals surface area contributed by atoms with Gasteiger partial charge in [-0.1, -0.05) is 30.3 Å². The number of nitrogens with two attached hydrogens (primary N) is 1. The number of halogens is 3. The molecule has 3 rings (SSSR count). The molecule has 1 aliphatic rings. The van der Waals surface area contributed by atoms with E-state index in [1.165, 1.54) is 23.9 Å². The number of aliphatic imine (C=N–C) groups is 1. The molecule has 1 fully saturated rings. The van der Waals surface area contributed by atoms with Gasteiger partial charge in [0.25, 0.3) is 0 Å². The van der Waals surface area contributed by atoms with Gasteiger partial charge in [0.2, 0.25) is 0 Å². The van der Waals surface area contributed by atoms with Crippen molar-refractivity contribution >= 4 is 17.3 Å². The lowest BCUT2D eigenvalue weighted by molar-refractivity contribution is -0.274. The van der Waals surface area contributed by atoms with Gasteiger partial charge >= 0.3 is 6.36 Å². The summed E-state index contributed by atoms with van der Waals surface area (Å²) < 4.78 is 41.4. The Morgan fingerprint density at radius 2 is 1.85 bits per heavy atom. The molecule has 0 spiro atoms. The van der Waals surface area contributed by atoms with Crippen molar-refractivity contribution < 1.29 is 17.9 Å². The highest BCUT2D eigenvalue weighted by molar-refractivity contribution is 5.93. The summed E-state index contributed by atoms with van der Waals surface area (Å²) in [4.78, 5) is 6.57. The monoisotopic (exact) mass is 378 g/mol. The Labute approximate surface area is 155 Å². The first kappa shape index (κ1) is 18.9. The number of hydrogen-bond acceptors (Lipinski definition) is 3. The maximum Gasteiger partial charge on any atom is 0.573 e. The topological polar surface area (TPSA) is 62.9 Å².